The monoisotopic (exact) mass is 270 g/mol. The molecule has 1 atom stereocenters. The second kappa shape index (κ2) is 5.94. The van der Waals surface area contributed by atoms with E-state index in [-0.39, 0.29) is 18.8 Å². The molecule has 0 aliphatic rings. The number of nitro groups is 1. The molecule has 0 bridgehead atoms. The van der Waals surface area contributed by atoms with E-state index in [1.54, 1.807) is 13.8 Å². The molecule has 0 radical (unpaired) electrons. The van der Waals surface area contributed by atoms with E-state index in [9.17, 15) is 19.7 Å². The van der Waals surface area contributed by atoms with Gasteiger partial charge in [-0.2, -0.15) is 0 Å². The zero-order valence-corrected chi connectivity index (χ0v) is 10.5. The maximum absolute atomic E-state index is 11.6. The Morgan fingerprint density at radius 2 is 2.26 bits per heavy atom. The van der Waals surface area contributed by atoms with Crippen LogP contribution < -0.4 is 5.32 Å². The highest BCUT2D eigenvalue weighted by Gasteiger charge is 2.18. The predicted molar refractivity (Wildman–Crippen MR) is 63.5 cm³/mol. The number of carbonyl (C=O) groups excluding carboxylic acids is 1. The number of carbonyl (C=O) groups is 2. The molecule has 1 aromatic rings. The predicted octanol–water partition coefficient (Wildman–Crippen LogP) is 0.0791. The second-order valence-corrected chi connectivity index (χ2v) is 4.10. The van der Waals surface area contributed by atoms with Crippen LogP contribution in [0.3, 0.4) is 0 Å². The van der Waals surface area contributed by atoms with Crippen LogP contribution in [0.1, 0.15) is 19.2 Å². The van der Waals surface area contributed by atoms with Gasteiger partial charge in [-0.1, -0.05) is 0 Å². The molecule has 1 amide bonds. The van der Waals surface area contributed by atoms with Gasteiger partial charge in [0.05, 0.1) is 6.42 Å². The number of nitrogens with one attached hydrogen (secondary N) is 1. The van der Waals surface area contributed by atoms with E-state index in [0.29, 0.717) is 5.82 Å². The average Bonchev–Trinajstić information content (AvgIpc) is 2.58. The second-order valence-electron chi connectivity index (χ2n) is 4.10. The van der Waals surface area contributed by atoms with Gasteiger partial charge in [-0.15, -0.1) is 0 Å². The summed E-state index contributed by atoms with van der Waals surface area (Å²) in [6, 6.07) is -0.510. The number of rotatable bonds is 6. The number of carboxylic acids is 1. The number of hydrogen-bond donors (Lipinski definition) is 2. The Morgan fingerprint density at radius 1 is 1.63 bits per heavy atom. The van der Waals surface area contributed by atoms with Crippen LogP contribution in [0.25, 0.3) is 0 Å². The lowest BCUT2D eigenvalue weighted by atomic mass is 10.2. The Kier molecular flexibility index (Phi) is 4.56. The fraction of sp³-hybridized carbons (Fsp3) is 0.500. The lowest BCUT2D eigenvalue weighted by molar-refractivity contribution is -0.389. The summed E-state index contributed by atoms with van der Waals surface area (Å²) in [5, 5.41) is 21.6. The Hall–Kier alpha value is -2.45. The largest absolute Gasteiger partial charge is 0.481 e. The number of carboxylic acid groups (broad SMARTS) is 1. The highest BCUT2D eigenvalue weighted by atomic mass is 16.6. The molecule has 0 aromatic carbocycles. The summed E-state index contributed by atoms with van der Waals surface area (Å²) in [4.78, 5) is 35.6. The molecular formula is C10H14N4O5. The van der Waals surface area contributed by atoms with Crippen LogP contribution in [0, 0.1) is 17.0 Å². The van der Waals surface area contributed by atoms with Gasteiger partial charge in [0.2, 0.25) is 11.7 Å². The Labute approximate surface area is 108 Å². The number of aromatic nitrogens is 2. The quantitative estimate of drug-likeness (QED) is 0.556. The molecule has 1 aromatic heterocycles. The SMILES string of the molecule is Cc1nc([N+](=O)[O-])cn1CC(=O)NC(C)CC(=O)O. The highest BCUT2D eigenvalue weighted by Crippen LogP contribution is 2.09. The number of amides is 1. The molecule has 0 aliphatic heterocycles. The molecule has 9 heteroatoms. The van der Waals surface area contributed by atoms with Gasteiger partial charge in [0.25, 0.3) is 0 Å². The van der Waals surface area contributed by atoms with Crippen molar-refractivity contribution in [3.8, 4) is 0 Å². The first-order valence-electron chi connectivity index (χ1n) is 5.49. The van der Waals surface area contributed by atoms with Crippen molar-refractivity contribution in [2.24, 2.45) is 0 Å². The topological polar surface area (TPSA) is 127 Å². The van der Waals surface area contributed by atoms with Crippen molar-refractivity contribution in [2.45, 2.75) is 32.9 Å². The fourth-order valence-electron chi connectivity index (χ4n) is 1.53. The maximum atomic E-state index is 11.6. The third-order valence-electron chi connectivity index (χ3n) is 2.35. The van der Waals surface area contributed by atoms with Gasteiger partial charge in [-0.05, 0) is 16.8 Å². The third kappa shape index (κ3) is 4.37. The molecular weight excluding hydrogens is 256 g/mol. The molecule has 1 rings (SSSR count). The first-order valence-corrected chi connectivity index (χ1v) is 5.49. The number of aliphatic carboxylic acids is 1. The summed E-state index contributed by atoms with van der Waals surface area (Å²) in [7, 11) is 0. The van der Waals surface area contributed by atoms with Crippen molar-refractivity contribution in [2.75, 3.05) is 0 Å². The fourth-order valence-corrected chi connectivity index (χ4v) is 1.53. The normalized spacial score (nSPS) is 11.9. The van der Waals surface area contributed by atoms with Crippen molar-refractivity contribution in [1.29, 1.82) is 0 Å². The molecule has 2 N–H and O–H groups in total. The van der Waals surface area contributed by atoms with Crippen molar-refractivity contribution in [1.82, 2.24) is 14.9 Å². The highest BCUT2D eigenvalue weighted by molar-refractivity contribution is 5.77. The molecule has 0 saturated carbocycles. The van der Waals surface area contributed by atoms with E-state index in [4.69, 9.17) is 5.11 Å². The van der Waals surface area contributed by atoms with Crippen LogP contribution in [0.15, 0.2) is 6.20 Å². The van der Waals surface area contributed by atoms with Gasteiger partial charge in [0.15, 0.2) is 0 Å². The van der Waals surface area contributed by atoms with Crippen molar-refractivity contribution < 1.29 is 19.6 Å². The Balaban J connectivity index is 2.62. The average molecular weight is 270 g/mol. The van der Waals surface area contributed by atoms with Crippen molar-refractivity contribution in [3.63, 3.8) is 0 Å². The Bertz CT molecular complexity index is 510. The molecule has 0 saturated heterocycles. The van der Waals surface area contributed by atoms with Gasteiger partial charge in [-0.25, -0.2) is 0 Å². The Morgan fingerprint density at radius 3 is 2.74 bits per heavy atom. The summed E-state index contributed by atoms with van der Waals surface area (Å²) in [6.45, 7) is 2.97. The van der Waals surface area contributed by atoms with E-state index >= 15 is 0 Å². The summed E-state index contributed by atoms with van der Waals surface area (Å²) >= 11 is 0. The number of hydrogen-bond acceptors (Lipinski definition) is 5. The number of aryl methyl sites for hydroxylation is 1. The van der Waals surface area contributed by atoms with Gasteiger partial charge < -0.3 is 20.5 Å². The molecule has 0 aliphatic carbocycles. The van der Waals surface area contributed by atoms with Crippen LogP contribution >= 0.6 is 0 Å². The first kappa shape index (κ1) is 14.6. The molecule has 19 heavy (non-hydrogen) atoms. The van der Waals surface area contributed by atoms with E-state index in [2.05, 4.69) is 10.3 Å². The molecule has 9 nitrogen and oxygen atoms in total. The minimum Gasteiger partial charge on any atom is -0.481 e. The van der Waals surface area contributed by atoms with E-state index < -0.39 is 22.8 Å². The first-order chi connectivity index (χ1) is 8.79. The van der Waals surface area contributed by atoms with Crippen LogP contribution in [-0.4, -0.2) is 37.5 Å². The van der Waals surface area contributed by atoms with Gasteiger partial charge in [0.1, 0.15) is 12.7 Å². The summed E-state index contributed by atoms with van der Waals surface area (Å²) in [5.74, 6) is -1.43. The molecule has 1 unspecified atom stereocenters. The summed E-state index contributed by atoms with van der Waals surface area (Å²) < 4.78 is 1.33. The lowest BCUT2D eigenvalue weighted by Gasteiger charge is -2.11. The minimum absolute atomic E-state index is 0.142. The number of nitrogens with zero attached hydrogens (tertiary/aromatic N) is 3. The standard InChI is InChI=1S/C10H14N4O5/c1-6(3-10(16)17)11-9(15)5-13-4-8(14(18)19)12-7(13)2/h4,6H,3,5H2,1-2H3,(H,11,15)(H,16,17). The van der Waals surface area contributed by atoms with Crippen LogP contribution in [0.5, 0.6) is 0 Å². The minimum atomic E-state index is -1.01. The van der Waals surface area contributed by atoms with Crippen molar-refractivity contribution >= 4 is 17.7 Å². The van der Waals surface area contributed by atoms with Gasteiger partial charge in [-0.3, -0.25) is 14.2 Å². The van der Waals surface area contributed by atoms with E-state index in [0.717, 1.165) is 6.20 Å². The molecule has 0 fully saturated rings. The smallest absolute Gasteiger partial charge is 0.381 e. The van der Waals surface area contributed by atoms with E-state index in [1.165, 1.54) is 4.57 Å². The number of imidazole rings is 1. The summed E-state index contributed by atoms with van der Waals surface area (Å²) in [5.41, 5.74) is 0. The zero-order valence-electron chi connectivity index (χ0n) is 10.5. The van der Waals surface area contributed by atoms with Crippen LogP contribution in [-0.2, 0) is 16.1 Å². The zero-order chi connectivity index (χ0) is 14.6. The summed E-state index contributed by atoms with van der Waals surface area (Å²) in [6.07, 6.45) is 0.978. The van der Waals surface area contributed by atoms with E-state index in [1.807, 2.05) is 0 Å². The maximum Gasteiger partial charge on any atom is 0.381 e. The van der Waals surface area contributed by atoms with Crippen LogP contribution in [0.2, 0.25) is 0 Å². The molecule has 104 valence electrons. The lowest BCUT2D eigenvalue weighted by Crippen LogP contribution is -2.36. The van der Waals surface area contributed by atoms with Crippen molar-refractivity contribution in [3.05, 3.63) is 22.1 Å². The van der Waals surface area contributed by atoms with Gasteiger partial charge in [0, 0.05) is 13.0 Å². The van der Waals surface area contributed by atoms with Gasteiger partial charge >= 0.3 is 11.8 Å². The third-order valence-corrected chi connectivity index (χ3v) is 2.35. The molecule has 0 spiro atoms. The molecule has 1 heterocycles. The van der Waals surface area contributed by atoms with Crippen LogP contribution in [0.4, 0.5) is 5.82 Å².